The van der Waals surface area contributed by atoms with E-state index in [1.807, 2.05) is 30.9 Å². The minimum Gasteiger partial charge on any atom is -0.380 e. The monoisotopic (exact) mass is 194 g/mol. The second-order valence-corrected chi connectivity index (χ2v) is 4.54. The molecule has 1 N–H and O–H groups in total. The molecule has 0 radical (unpaired) electrons. The maximum absolute atomic E-state index is 4.25. The largest absolute Gasteiger partial charge is 0.380 e. The lowest BCUT2D eigenvalue weighted by Crippen LogP contribution is -2.17. The minimum absolute atomic E-state index is 0.648. The topological polar surface area (TPSA) is 24.9 Å². The molecule has 70 valence electrons. The van der Waals surface area contributed by atoms with Gasteiger partial charge >= 0.3 is 0 Å². The van der Waals surface area contributed by atoms with Crippen molar-refractivity contribution in [3.8, 4) is 0 Å². The summed E-state index contributed by atoms with van der Waals surface area (Å²) in [6.45, 7) is 2.01. The molecule has 1 aromatic heterocycles. The first kappa shape index (κ1) is 8.88. The number of aromatic nitrogens is 1. The van der Waals surface area contributed by atoms with Crippen molar-refractivity contribution < 1.29 is 0 Å². The molecule has 0 unspecified atom stereocenters. The Morgan fingerprint density at radius 1 is 1.54 bits per heavy atom. The van der Waals surface area contributed by atoms with Gasteiger partial charge in [-0.15, -0.1) is 0 Å². The molecule has 2 rings (SSSR count). The Hall–Kier alpha value is -0.700. The van der Waals surface area contributed by atoms with Crippen LogP contribution in [0, 0.1) is 6.92 Å². The molecule has 0 spiro atoms. The molecule has 2 heterocycles. The highest BCUT2D eigenvalue weighted by molar-refractivity contribution is 7.99. The van der Waals surface area contributed by atoms with Crippen molar-refractivity contribution in [1.29, 1.82) is 0 Å². The van der Waals surface area contributed by atoms with E-state index < -0.39 is 0 Å². The molecule has 1 fully saturated rings. The molecule has 0 aromatic carbocycles. The normalized spacial score (nSPS) is 21.8. The van der Waals surface area contributed by atoms with Gasteiger partial charge in [-0.3, -0.25) is 4.98 Å². The third-order valence-electron chi connectivity index (χ3n) is 2.21. The molecule has 0 saturated carbocycles. The van der Waals surface area contributed by atoms with E-state index in [9.17, 15) is 0 Å². The summed E-state index contributed by atoms with van der Waals surface area (Å²) in [5.74, 6) is 2.52. The van der Waals surface area contributed by atoms with Gasteiger partial charge in [-0.05, 0) is 31.2 Å². The fraction of sp³-hybridized carbons (Fsp3) is 0.500. The van der Waals surface area contributed by atoms with Crippen LogP contribution in [0.15, 0.2) is 18.3 Å². The summed E-state index contributed by atoms with van der Waals surface area (Å²) in [4.78, 5) is 4.25. The lowest BCUT2D eigenvalue weighted by molar-refractivity contribution is 0.812. The molecular weight excluding hydrogens is 180 g/mol. The van der Waals surface area contributed by atoms with Crippen molar-refractivity contribution in [3.05, 3.63) is 24.0 Å². The fourth-order valence-corrected chi connectivity index (χ4v) is 2.59. The van der Waals surface area contributed by atoms with Crippen LogP contribution in [0.1, 0.15) is 12.1 Å². The first-order valence-corrected chi connectivity index (χ1v) is 5.77. The van der Waals surface area contributed by atoms with Crippen LogP contribution in [0.2, 0.25) is 0 Å². The summed E-state index contributed by atoms with van der Waals surface area (Å²) in [7, 11) is 0. The van der Waals surface area contributed by atoms with Crippen molar-refractivity contribution >= 4 is 17.4 Å². The first-order chi connectivity index (χ1) is 6.34. The van der Waals surface area contributed by atoms with Crippen LogP contribution in [0.5, 0.6) is 0 Å². The van der Waals surface area contributed by atoms with E-state index in [1.54, 1.807) is 0 Å². The van der Waals surface area contributed by atoms with Crippen molar-refractivity contribution in [2.24, 2.45) is 0 Å². The number of aryl methyl sites for hydroxylation is 1. The molecule has 1 aliphatic rings. The van der Waals surface area contributed by atoms with Crippen LogP contribution < -0.4 is 5.32 Å². The van der Waals surface area contributed by atoms with E-state index in [0.717, 1.165) is 11.4 Å². The third kappa shape index (κ3) is 2.37. The zero-order chi connectivity index (χ0) is 9.10. The van der Waals surface area contributed by atoms with E-state index in [1.165, 1.54) is 17.9 Å². The van der Waals surface area contributed by atoms with Gasteiger partial charge in [0.15, 0.2) is 0 Å². The smallest absolute Gasteiger partial charge is 0.0529 e. The zero-order valence-corrected chi connectivity index (χ0v) is 8.60. The average Bonchev–Trinajstić information content (AvgIpc) is 2.62. The number of pyridine rings is 1. The lowest BCUT2D eigenvalue weighted by Gasteiger charge is -2.11. The van der Waals surface area contributed by atoms with Crippen LogP contribution in [0.3, 0.4) is 0 Å². The molecule has 1 atom stereocenters. The second-order valence-electron chi connectivity index (χ2n) is 3.39. The molecule has 0 bridgehead atoms. The van der Waals surface area contributed by atoms with Crippen LogP contribution in [0.4, 0.5) is 5.69 Å². The summed E-state index contributed by atoms with van der Waals surface area (Å²) >= 11 is 2.02. The Labute approximate surface area is 83.1 Å². The van der Waals surface area contributed by atoms with Gasteiger partial charge in [-0.2, -0.15) is 11.8 Å². The van der Waals surface area contributed by atoms with Gasteiger partial charge in [0.05, 0.1) is 11.9 Å². The number of nitrogens with zero attached hydrogens (tertiary/aromatic N) is 1. The van der Waals surface area contributed by atoms with E-state index in [2.05, 4.69) is 16.4 Å². The van der Waals surface area contributed by atoms with Gasteiger partial charge in [0.1, 0.15) is 0 Å². The van der Waals surface area contributed by atoms with E-state index in [-0.39, 0.29) is 0 Å². The van der Waals surface area contributed by atoms with E-state index >= 15 is 0 Å². The number of rotatable bonds is 2. The number of anilines is 1. The van der Waals surface area contributed by atoms with Gasteiger partial charge in [-0.25, -0.2) is 0 Å². The molecule has 3 heteroatoms. The van der Waals surface area contributed by atoms with E-state index in [4.69, 9.17) is 0 Å². The Morgan fingerprint density at radius 2 is 2.46 bits per heavy atom. The van der Waals surface area contributed by atoms with Crippen molar-refractivity contribution in [1.82, 2.24) is 4.98 Å². The third-order valence-corrected chi connectivity index (χ3v) is 3.37. The summed E-state index contributed by atoms with van der Waals surface area (Å²) < 4.78 is 0. The Kier molecular flexibility index (Phi) is 2.74. The lowest BCUT2D eigenvalue weighted by atomic mass is 10.2. The summed E-state index contributed by atoms with van der Waals surface area (Å²) in [6, 6.07) is 4.80. The summed E-state index contributed by atoms with van der Waals surface area (Å²) in [5.41, 5.74) is 2.23. The Balaban J connectivity index is 1.97. The fourth-order valence-electron chi connectivity index (χ4n) is 1.44. The summed E-state index contributed by atoms with van der Waals surface area (Å²) in [6.07, 6.45) is 3.19. The van der Waals surface area contributed by atoms with Crippen molar-refractivity contribution in [3.63, 3.8) is 0 Å². The molecule has 1 aliphatic heterocycles. The standard InChI is InChI=1S/C10H14N2S/c1-8-2-3-9(6-11-8)12-10-4-5-13-7-10/h2-3,6,10,12H,4-5,7H2,1H3/t10-/m0/s1. The highest BCUT2D eigenvalue weighted by Gasteiger charge is 2.14. The number of thioether (sulfide) groups is 1. The van der Waals surface area contributed by atoms with Crippen molar-refractivity contribution in [2.75, 3.05) is 16.8 Å². The molecule has 13 heavy (non-hydrogen) atoms. The first-order valence-electron chi connectivity index (χ1n) is 4.61. The molecule has 2 nitrogen and oxygen atoms in total. The average molecular weight is 194 g/mol. The Bertz CT molecular complexity index is 265. The second kappa shape index (κ2) is 4.01. The predicted molar refractivity (Wildman–Crippen MR) is 58.3 cm³/mol. The van der Waals surface area contributed by atoms with Gasteiger partial charge in [0.2, 0.25) is 0 Å². The van der Waals surface area contributed by atoms with Gasteiger partial charge in [0, 0.05) is 17.5 Å². The van der Waals surface area contributed by atoms with Gasteiger partial charge in [0.25, 0.3) is 0 Å². The number of hydrogen-bond donors (Lipinski definition) is 1. The number of hydrogen-bond acceptors (Lipinski definition) is 3. The van der Waals surface area contributed by atoms with Crippen LogP contribution >= 0.6 is 11.8 Å². The molecule has 0 aliphatic carbocycles. The quantitative estimate of drug-likeness (QED) is 0.782. The van der Waals surface area contributed by atoms with Gasteiger partial charge < -0.3 is 5.32 Å². The summed E-state index contributed by atoms with van der Waals surface area (Å²) in [5, 5.41) is 3.48. The minimum atomic E-state index is 0.648. The number of nitrogens with one attached hydrogen (secondary N) is 1. The van der Waals surface area contributed by atoms with Crippen LogP contribution in [-0.2, 0) is 0 Å². The maximum Gasteiger partial charge on any atom is 0.0529 e. The maximum atomic E-state index is 4.25. The van der Waals surface area contributed by atoms with Crippen LogP contribution in [-0.4, -0.2) is 22.5 Å². The molecule has 1 aromatic rings. The van der Waals surface area contributed by atoms with Crippen molar-refractivity contribution in [2.45, 2.75) is 19.4 Å². The highest BCUT2D eigenvalue weighted by Crippen LogP contribution is 2.20. The van der Waals surface area contributed by atoms with Gasteiger partial charge in [-0.1, -0.05) is 0 Å². The zero-order valence-electron chi connectivity index (χ0n) is 7.79. The molecule has 1 saturated heterocycles. The molecular formula is C10H14N2S. The van der Waals surface area contributed by atoms with E-state index in [0.29, 0.717) is 6.04 Å². The Morgan fingerprint density at radius 3 is 3.08 bits per heavy atom. The predicted octanol–water partition coefficient (Wildman–Crippen LogP) is 2.31. The highest BCUT2D eigenvalue weighted by atomic mass is 32.2. The van der Waals surface area contributed by atoms with Crippen LogP contribution in [0.25, 0.3) is 0 Å². The molecule has 0 amide bonds. The SMILES string of the molecule is Cc1ccc(N[C@H]2CCSC2)cn1.